The van der Waals surface area contributed by atoms with Crippen LogP contribution in [0, 0.1) is 44.8 Å². The van der Waals surface area contributed by atoms with Crippen LogP contribution in [0.5, 0.6) is 5.75 Å². The number of halogens is 1. The molecule has 0 heterocycles. The van der Waals surface area contributed by atoms with E-state index in [0.29, 0.717) is 0 Å². The normalized spacial score (nSPS) is 10.0. The van der Waals surface area contributed by atoms with Gasteiger partial charge in [0.15, 0.2) is 5.69 Å². The average molecular weight is 516 g/mol. The summed E-state index contributed by atoms with van der Waals surface area (Å²) in [7, 11) is 1.35. The van der Waals surface area contributed by atoms with Crippen molar-refractivity contribution in [2.24, 2.45) is 16.0 Å². The number of carbonyl (C=O) groups is 1. The Labute approximate surface area is 195 Å². The molecule has 33 heavy (non-hydrogen) atoms. The molecule has 0 aliphatic rings. The van der Waals surface area contributed by atoms with E-state index in [-0.39, 0.29) is 33.0 Å². The van der Waals surface area contributed by atoms with E-state index in [4.69, 9.17) is 16.9 Å². The second kappa shape index (κ2) is 10.6. The van der Waals surface area contributed by atoms with Crippen molar-refractivity contribution in [3.8, 4) is 30.3 Å². The number of non-ortho nitro benzene ring substituents is 1. The predicted molar refractivity (Wildman–Crippen MR) is 122 cm³/mol. The van der Waals surface area contributed by atoms with Crippen molar-refractivity contribution in [3.05, 3.63) is 49.0 Å². The molecule has 2 aromatic carbocycles. The molecule has 0 unspecified atom stereocenters. The van der Waals surface area contributed by atoms with Crippen LogP contribution in [0.15, 0.2) is 39.0 Å². The first-order valence-corrected chi connectivity index (χ1v) is 9.43. The molecule has 168 valence electrons. The molecule has 0 atom stereocenters. The number of carbonyl (C=O) groups excluding carboxylic acids is 1. The number of nitrogens with two attached hydrogens (primary N) is 1. The molecule has 0 spiro atoms. The number of methoxy groups -OCH3 is 1. The highest BCUT2D eigenvalue weighted by Crippen LogP contribution is 2.42. The number of rotatable bonds is 7. The van der Waals surface area contributed by atoms with Crippen molar-refractivity contribution in [3.63, 3.8) is 0 Å². The Morgan fingerprint density at radius 1 is 1.24 bits per heavy atom. The molecule has 0 bridgehead atoms. The van der Waals surface area contributed by atoms with Crippen molar-refractivity contribution >= 4 is 56.0 Å². The Kier molecular flexibility index (Phi) is 7.87. The van der Waals surface area contributed by atoms with Crippen LogP contribution >= 0.6 is 15.9 Å². The Bertz CT molecular complexity index is 1280. The molecule has 3 N–H and O–H groups in total. The van der Waals surface area contributed by atoms with Gasteiger partial charge in [0.05, 0.1) is 33.2 Å². The lowest BCUT2D eigenvalue weighted by molar-refractivity contribution is -0.393. The summed E-state index contributed by atoms with van der Waals surface area (Å²) in [4.78, 5) is 33.6. The van der Waals surface area contributed by atoms with E-state index in [0.717, 1.165) is 17.0 Å². The molecule has 13 nitrogen and oxygen atoms in total. The number of ether oxygens (including phenoxy) is 1. The number of benzene rings is 2. The predicted octanol–water partition coefficient (Wildman–Crippen LogP) is 3.92. The summed E-state index contributed by atoms with van der Waals surface area (Å²) in [6.07, 6.45) is 5.45. The number of nitro benzene ring substituents is 2. The number of nitrogens with one attached hydrogen (secondary N) is 1. The summed E-state index contributed by atoms with van der Waals surface area (Å²) in [5, 5.41) is 32.8. The maximum absolute atomic E-state index is 11.7. The third-order valence-electron chi connectivity index (χ3n) is 3.85. The minimum Gasteiger partial charge on any atom is -0.494 e. The smallest absolute Gasteiger partial charge is 0.304 e. The van der Waals surface area contributed by atoms with Crippen LogP contribution in [0.1, 0.15) is 6.92 Å². The lowest BCUT2D eigenvalue weighted by atomic mass is 10.2. The maximum atomic E-state index is 11.7. The van der Waals surface area contributed by atoms with Gasteiger partial charge >= 0.3 is 5.69 Å². The summed E-state index contributed by atoms with van der Waals surface area (Å²) in [6, 6.07) is 11.5. The molecule has 14 heteroatoms. The summed E-state index contributed by atoms with van der Waals surface area (Å²) < 4.78 is 5.27. The molecular weight excluding hydrogens is 502 g/mol. The van der Waals surface area contributed by atoms with Gasteiger partial charge < -0.3 is 15.8 Å². The Morgan fingerprint density at radius 2 is 1.94 bits per heavy atom. The summed E-state index contributed by atoms with van der Waals surface area (Å²) >= 11 is 3.04. The third kappa shape index (κ3) is 5.72. The first kappa shape index (κ1) is 24.6. The Morgan fingerprint density at radius 3 is 2.45 bits per heavy atom. The Balaban J connectivity index is 2.71. The summed E-state index contributed by atoms with van der Waals surface area (Å²) in [5.74, 6) is -0.279. The fourth-order valence-corrected chi connectivity index (χ4v) is 3.03. The van der Waals surface area contributed by atoms with Crippen molar-refractivity contribution in [1.82, 2.24) is 0 Å². The molecular formula is C19H14BrN7O6. The van der Waals surface area contributed by atoms with E-state index in [1.165, 1.54) is 26.2 Å². The molecule has 1 amide bonds. The molecule has 0 aromatic heterocycles. The van der Waals surface area contributed by atoms with E-state index in [2.05, 4.69) is 49.6 Å². The van der Waals surface area contributed by atoms with E-state index in [9.17, 15) is 25.0 Å². The van der Waals surface area contributed by atoms with Crippen LogP contribution in [0.25, 0.3) is 0 Å². The van der Waals surface area contributed by atoms with Crippen LogP contribution in [-0.2, 0) is 4.79 Å². The lowest BCUT2D eigenvalue weighted by Crippen LogP contribution is -2.12. The number of amides is 1. The van der Waals surface area contributed by atoms with Gasteiger partial charge in [-0.1, -0.05) is 6.42 Å². The SMILES string of the molecule is C#CN(C#CN)c1cc(NC(C)=O)c(N=Nc2c(Br)cc([N+](=O)[O-])cc2[N+](=O)[O-])cc1OC. The Hall–Kier alpha value is -4.69. The van der Waals surface area contributed by atoms with Gasteiger partial charge in [-0.3, -0.25) is 25.0 Å². The average Bonchev–Trinajstić information content (AvgIpc) is 2.75. The molecule has 0 aliphatic carbocycles. The van der Waals surface area contributed by atoms with Gasteiger partial charge in [-0.2, -0.15) is 0 Å². The van der Waals surface area contributed by atoms with Crippen molar-refractivity contribution in [2.45, 2.75) is 6.92 Å². The number of nitro groups is 2. The standard InChI is InChI=1S/C19H14BrN7O6/c1-4-25(6-5-21)16-9-14(22-11(2)28)15(10-18(16)33-3)23-24-19-13(20)7-12(26(29)30)8-17(19)27(31)32/h1,7-10H,21H2,2-3H3,(H,22,28). The van der Waals surface area contributed by atoms with Gasteiger partial charge in [0.2, 0.25) is 5.91 Å². The molecule has 2 rings (SSSR count). The first-order valence-electron chi connectivity index (χ1n) is 8.64. The maximum Gasteiger partial charge on any atom is 0.304 e. The summed E-state index contributed by atoms with van der Waals surface area (Å²) in [5.41, 5.74) is 4.22. The van der Waals surface area contributed by atoms with E-state index < -0.39 is 27.1 Å². The number of terminal acetylenes is 1. The molecule has 0 aliphatic heterocycles. The van der Waals surface area contributed by atoms with Gasteiger partial charge in [-0.15, -0.1) is 10.2 Å². The highest BCUT2D eigenvalue weighted by Gasteiger charge is 2.24. The monoisotopic (exact) mass is 515 g/mol. The highest BCUT2D eigenvalue weighted by atomic mass is 79.9. The lowest BCUT2D eigenvalue weighted by Gasteiger charge is -2.17. The second-order valence-corrected chi connectivity index (χ2v) is 6.81. The number of hydrogen-bond acceptors (Lipinski definition) is 10. The molecule has 2 aromatic rings. The van der Waals surface area contributed by atoms with Crippen LogP contribution in [0.2, 0.25) is 0 Å². The quantitative estimate of drug-likeness (QED) is 0.183. The van der Waals surface area contributed by atoms with Crippen molar-refractivity contribution < 1.29 is 19.4 Å². The van der Waals surface area contributed by atoms with Crippen molar-refractivity contribution in [2.75, 3.05) is 17.3 Å². The van der Waals surface area contributed by atoms with E-state index in [1.54, 1.807) is 0 Å². The fraction of sp³-hybridized carbons (Fsp3) is 0.105. The number of nitrogens with zero attached hydrogens (tertiary/aromatic N) is 5. The van der Waals surface area contributed by atoms with Gasteiger partial charge in [-0.25, -0.2) is 4.90 Å². The van der Waals surface area contributed by atoms with Gasteiger partial charge in [0.1, 0.15) is 17.1 Å². The van der Waals surface area contributed by atoms with Gasteiger partial charge in [-0.05, 0) is 22.0 Å². The molecule has 0 saturated carbocycles. The van der Waals surface area contributed by atoms with Crippen LogP contribution in [0.4, 0.5) is 34.1 Å². The number of hydrogen-bond donors (Lipinski definition) is 2. The third-order valence-corrected chi connectivity index (χ3v) is 4.45. The molecule has 0 saturated heterocycles. The van der Waals surface area contributed by atoms with E-state index in [1.807, 2.05) is 0 Å². The second-order valence-electron chi connectivity index (χ2n) is 5.95. The largest absolute Gasteiger partial charge is 0.494 e. The van der Waals surface area contributed by atoms with Crippen molar-refractivity contribution in [1.29, 1.82) is 0 Å². The minimum absolute atomic E-state index is 0.0338. The zero-order valence-corrected chi connectivity index (χ0v) is 18.6. The number of anilines is 2. The van der Waals surface area contributed by atoms with Crippen LogP contribution < -0.4 is 20.7 Å². The molecule has 0 fully saturated rings. The van der Waals surface area contributed by atoms with Crippen LogP contribution in [-0.4, -0.2) is 22.9 Å². The fourth-order valence-electron chi connectivity index (χ4n) is 2.51. The molecule has 0 radical (unpaired) electrons. The highest BCUT2D eigenvalue weighted by molar-refractivity contribution is 9.10. The topological polar surface area (TPSA) is 179 Å². The zero-order chi connectivity index (χ0) is 24.7. The first-order chi connectivity index (χ1) is 15.6. The number of azo groups is 1. The van der Waals surface area contributed by atoms with Gasteiger partial charge in [0.25, 0.3) is 5.69 Å². The summed E-state index contributed by atoms with van der Waals surface area (Å²) in [6.45, 7) is 1.25. The van der Waals surface area contributed by atoms with E-state index >= 15 is 0 Å². The van der Waals surface area contributed by atoms with Gasteiger partial charge in [0, 0.05) is 37.2 Å². The van der Waals surface area contributed by atoms with Crippen LogP contribution in [0.3, 0.4) is 0 Å². The minimum atomic E-state index is -0.833. The zero-order valence-electron chi connectivity index (χ0n) is 17.0.